The van der Waals surface area contributed by atoms with Gasteiger partial charge >= 0.3 is 0 Å². The van der Waals surface area contributed by atoms with Gasteiger partial charge in [0.15, 0.2) is 0 Å². The van der Waals surface area contributed by atoms with E-state index in [2.05, 4.69) is 12.7 Å². The molecular weight excluding hydrogens is 148 g/mol. The summed E-state index contributed by atoms with van der Waals surface area (Å²) in [5.74, 6) is 1.02. The maximum atomic E-state index is 5.35. The van der Waals surface area contributed by atoms with Crippen LogP contribution >= 0.6 is 0 Å². The molecule has 0 radical (unpaired) electrons. The van der Waals surface area contributed by atoms with E-state index in [0.29, 0.717) is 0 Å². The Hall–Kier alpha value is -0.980. The first kappa shape index (κ1) is 11.0. The van der Waals surface area contributed by atoms with Crippen molar-refractivity contribution in [3.8, 4) is 0 Å². The van der Waals surface area contributed by atoms with Crippen molar-refractivity contribution in [2.75, 3.05) is 6.61 Å². The summed E-state index contributed by atoms with van der Waals surface area (Å²) in [6.45, 7) is 10.5. The molecule has 0 saturated carbocycles. The fraction of sp³-hybridized carbons (Fsp3) is 0.455. The van der Waals surface area contributed by atoms with E-state index in [-0.39, 0.29) is 0 Å². The number of rotatable bonds is 5. The van der Waals surface area contributed by atoms with Gasteiger partial charge in [-0.15, -0.1) is 0 Å². The number of allylic oxidation sites excluding steroid dienone is 4. The largest absolute Gasteiger partial charge is 0.498 e. The van der Waals surface area contributed by atoms with Crippen LogP contribution in [-0.4, -0.2) is 6.61 Å². The first-order valence-electron chi connectivity index (χ1n) is 4.30. The molecule has 0 aliphatic carbocycles. The zero-order valence-corrected chi connectivity index (χ0v) is 8.26. The van der Waals surface area contributed by atoms with Crippen molar-refractivity contribution >= 4 is 0 Å². The molecule has 0 heterocycles. The molecule has 0 aromatic carbocycles. The maximum absolute atomic E-state index is 5.35. The van der Waals surface area contributed by atoms with Gasteiger partial charge in [-0.3, -0.25) is 0 Å². The molecule has 0 bridgehead atoms. The fourth-order valence-corrected chi connectivity index (χ4v) is 0.822. The van der Waals surface area contributed by atoms with Crippen LogP contribution in [0.1, 0.15) is 27.2 Å². The lowest BCUT2D eigenvalue weighted by atomic mass is 10.2. The Bertz CT molecular complexity index is 187. The van der Waals surface area contributed by atoms with E-state index in [4.69, 9.17) is 4.74 Å². The lowest BCUT2D eigenvalue weighted by Gasteiger charge is -2.04. The van der Waals surface area contributed by atoms with Crippen molar-refractivity contribution < 1.29 is 4.74 Å². The lowest BCUT2D eigenvalue weighted by molar-refractivity contribution is 0.224. The molecule has 0 saturated heterocycles. The molecule has 0 unspecified atom stereocenters. The third kappa shape index (κ3) is 5.78. The Kier molecular flexibility index (Phi) is 6.16. The SMILES string of the molecule is C=C(C)C=CC/C(=C\C)OCC. The average Bonchev–Trinajstić information content (AvgIpc) is 2.02. The third-order valence-corrected chi connectivity index (χ3v) is 1.37. The summed E-state index contributed by atoms with van der Waals surface area (Å²) < 4.78 is 5.35. The van der Waals surface area contributed by atoms with Crippen molar-refractivity contribution in [2.24, 2.45) is 0 Å². The Labute approximate surface area is 75.4 Å². The lowest BCUT2D eigenvalue weighted by Crippen LogP contribution is -1.89. The van der Waals surface area contributed by atoms with Crippen LogP contribution in [0.5, 0.6) is 0 Å². The quantitative estimate of drug-likeness (QED) is 0.449. The van der Waals surface area contributed by atoms with Crippen LogP contribution in [0.3, 0.4) is 0 Å². The predicted octanol–water partition coefficient (Wildman–Crippen LogP) is 3.45. The molecular formula is C11H18O. The summed E-state index contributed by atoms with van der Waals surface area (Å²) in [6, 6.07) is 0. The average molecular weight is 166 g/mol. The van der Waals surface area contributed by atoms with E-state index in [9.17, 15) is 0 Å². The highest BCUT2D eigenvalue weighted by atomic mass is 16.5. The topological polar surface area (TPSA) is 9.23 Å². The van der Waals surface area contributed by atoms with Gasteiger partial charge in [-0.1, -0.05) is 24.3 Å². The van der Waals surface area contributed by atoms with Crippen LogP contribution in [-0.2, 0) is 4.74 Å². The van der Waals surface area contributed by atoms with Gasteiger partial charge in [0, 0.05) is 6.42 Å². The highest BCUT2D eigenvalue weighted by Crippen LogP contribution is 2.05. The Balaban J connectivity index is 3.81. The molecule has 0 aliphatic rings. The van der Waals surface area contributed by atoms with Gasteiger partial charge in [-0.25, -0.2) is 0 Å². The number of hydrogen-bond acceptors (Lipinski definition) is 1. The van der Waals surface area contributed by atoms with Crippen LogP contribution in [0.25, 0.3) is 0 Å². The minimum Gasteiger partial charge on any atom is -0.498 e. The van der Waals surface area contributed by atoms with Gasteiger partial charge in [-0.2, -0.15) is 0 Å². The summed E-state index contributed by atoms with van der Waals surface area (Å²) in [5, 5.41) is 0. The van der Waals surface area contributed by atoms with Gasteiger partial charge in [0.25, 0.3) is 0 Å². The second-order valence-electron chi connectivity index (χ2n) is 2.64. The number of hydrogen-bond donors (Lipinski definition) is 0. The van der Waals surface area contributed by atoms with E-state index in [1.807, 2.05) is 32.9 Å². The van der Waals surface area contributed by atoms with Gasteiger partial charge in [-0.05, 0) is 26.8 Å². The standard InChI is InChI=1S/C11H18O/c1-5-11(12-6-2)9-7-8-10(3)4/h5,7-8H,3,6,9H2,1-2,4H3/b8-7?,11-5+. The maximum Gasteiger partial charge on any atom is 0.0954 e. The Morgan fingerprint density at radius 3 is 2.58 bits per heavy atom. The van der Waals surface area contributed by atoms with Crippen LogP contribution in [0.4, 0.5) is 0 Å². The van der Waals surface area contributed by atoms with Gasteiger partial charge in [0.05, 0.1) is 12.4 Å². The van der Waals surface area contributed by atoms with Crippen molar-refractivity contribution in [3.63, 3.8) is 0 Å². The van der Waals surface area contributed by atoms with Crippen molar-refractivity contribution in [3.05, 3.63) is 36.1 Å². The molecule has 0 atom stereocenters. The van der Waals surface area contributed by atoms with Gasteiger partial charge in [0.1, 0.15) is 0 Å². The molecule has 0 spiro atoms. The van der Waals surface area contributed by atoms with Gasteiger partial charge < -0.3 is 4.74 Å². The first-order valence-corrected chi connectivity index (χ1v) is 4.30. The summed E-state index contributed by atoms with van der Waals surface area (Å²) in [6.07, 6.45) is 6.92. The molecule has 68 valence electrons. The molecule has 0 aromatic heterocycles. The molecule has 1 nitrogen and oxygen atoms in total. The van der Waals surface area contributed by atoms with Crippen molar-refractivity contribution in [2.45, 2.75) is 27.2 Å². The fourth-order valence-electron chi connectivity index (χ4n) is 0.822. The van der Waals surface area contributed by atoms with E-state index in [0.717, 1.165) is 24.4 Å². The summed E-state index contributed by atoms with van der Waals surface area (Å²) >= 11 is 0. The van der Waals surface area contributed by atoms with Crippen LogP contribution in [0.2, 0.25) is 0 Å². The molecule has 0 rings (SSSR count). The molecule has 0 N–H and O–H groups in total. The van der Waals surface area contributed by atoms with Gasteiger partial charge in [0.2, 0.25) is 0 Å². The van der Waals surface area contributed by atoms with Crippen LogP contribution in [0.15, 0.2) is 36.1 Å². The van der Waals surface area contributed by atoms with Crippen LogP contribution in [0, 0.1) is 0 Å². The smallest absolute Gasteiger partial charge is 0.0954 e. The van der Waals surface area contributed by atoms with Crippen molar-refractivity contribution in [1.29, 1.82) is 0 Å². The third-order valence-electron chi connectivity index (χ3n) is 1.37. The second kappa shape index (κ2) is 6.71. The highest BCUT2D eigenvalue weighted by molar-refractivity contribution is 5.13. The molecule has 0 aliphatic heterocycles. The zero-order valence-electron chi connectivity index (χ0n) is 8.26. The molecule has 0 amide bonds. The van der Waals surface area contributed by atoms with Crippen LogP contribution < -0.4 is 0 Å². The normalized spacial score (nSPS) is 12.1. The first-order chi connectivity index (χ1) is 5.70. The highest BCUT2D eigenvalue weighted by Gasteiger charge is 1.90. The van der Waals surface area contributed by atoms with E-state index in [1.54, 1.807) is 0 Å². The predicted molar refractivity (Wildman–Crippen MR) is 54.0 cm³/mol. The Morgan fingerprint density at radius 1 is 1.50 bits per heavy atom. The summed E-state index contributed by atoms with van der Waals surface area (Å²) in [5.41, 5.74) is 1.07. The van der Waals surface area contributed by atoms with E-state index >= 15 is 0 Å². The molecule has 1 heteroatoms. The minimum absolute atomic E-state index is 0.737. The van der Waals surface area contributed by atoms with E-state index in [1.165, 1.54) is 0 Å². The molecule has 0 aromatic rings. The van der Waals surface area contributed by atoms with Crippen molar-refractivity contribution in [1.82, 2.24) is 0 Å². The summed E-state index contributed by atoms with van der Waals surface area (Å²) in [4.78, 5) is 0. The second-order valence-corrected chi connectivity index (χ2v) is 2.64. The zero-order chi connectivity index (χ0) is 9.40. The minimum atomic E-state index is 0.737. The Morgan fingerprint density at radius 2 is 2.17 bits per heavy atom. The van der Waals surface area contributed by atoms with E-state index < -0.39 is 0 Å². The molecule has 12 heavy (non-hydrogen) atoms. The molecule has 0 fully saturated rings. The monoisotopic (exact) mass is 166 g/mol. The number of ether oxygens (including phenoxy) is 1. The summed E-state index contributed by atoms with van der Waals surface area (Å²) in [7, 11) is 0.